The van der Waals surface area contributed by atoms with Crippen LogP contribution < -0.4 is 10.2 Å². The Morgan fingerprint density at radius 2 is 1.59 bits per heavy atom. The molecule has 0 saturated heterocycles. The first kappa shape index (κ1) is 31.0. The first-order chi connectivity index (χ1) is 18.2. The summed E-state index contributed by atoms with van der Waals surface area (Å²) in [6.07, 6.45) is 2.34. The Morgan fingerprint density at radius 3 is 2.21 bits per heavy atom. The lowest BCUT2D eigenvalue weighted by Crippen LogP contribution is -2.26. The zero-order chi connectivity index (χ0) is 28.8. The molecule has 0 bridgehead atoms. The van der Waals surface area contributed by atoms with Crippen molar-refractivity contribution in [3.8, 4) is 11.5 Å². The van der Waals surface area contributed by atoms with Gasteiger partial charge in [0, 0.05) is 10.0 Å². The van der Waals surface area contributed by atoms with Gasteiger partial charge in [-0.25, -0.2) is 5.43 Å². The molecule has 0 aliphatic rings. The van der Waals surface area contributed by atoms with Crippen LogP contribution >= 0.6 is 47.8 Å². The highest BCUT2D eigenvalue weighted by molar-refractivity contribution is 9.11. The molecule has 1 amide bonds. The average Bonchev–Trinajstić information content (AvgIpc) is 2.82. The van der Waals surface area contributed by atoms with E-state index in [0.717, 1.165) is 25.4 Å². The minimum atomic E-state index is -0.452. The number of hydrazone groups is 1. The van der Waals surface area contributed by atoms with Crippen LogP contribution in [0, 0.1) is 5.41 Å². The van der Waals surface area contributed by atoms with Crippen molar-refractivity contribution in [1.82, 2.24) is 5.43 Å². The third-order valence-electron chi connectivity index (χ3n) is 5.59. The van der Waals surface area contributed by atoms with Gasteiger partial charge in [-0.1, -0.05) is 56.6 Å². The Balaban J connectivity index is 1.61. The van der Waals surface area contributed by atoms with Crippen molar-refractivity contribution in [3.63, 3.8) is 0 Å². The Kier molecular flexibility index (Phi) is 10.5. The molecule has 7 nitrogen and oxygen atoms in total. The number of halogens is 3. The van der Waals surface area contributed by atoms with Gasteiger partial charge in [0.05, 0.1) is 26.5 Å². The standard InChI is InChI=1S/C29H31Br3N4O3/c1-28(2,3)17-29(4,5)19-12-23(31)27(24(32)13-19)39-16-26(38)36-33-15-18-11-22(9-10-25(18)37)35-34-21-8-6-7-20(30)14-21/h6-15,37H,16-17H2,1-5H3,(H,36,38). The van der Waals surface area contributed by atoms with Gasteiger partial charge in [0.1, 0.15) is 11.5 Å². The van der Waals surface area contributed by atoms with Crippen molar-refractivity contribution in [2.45, 2.75) is 46.5 Å². The topological polar surface area (TPSA) is 95.6 Å². The Bertz CT molecular complexity index is 1380. The highest BCUT2D eigenvalue weighted by Gasteiger charge is 2.28. The molecule has 0 unspecified atom stereocenters. The monoisotopic (exact) mass is 720 g/mol. The summed E-state index contributed by atoms with van der Waals surface area (Å²) in [6.45, 7) is 10.9. The quantitative estimate of drug-likeness (QED) is 0.131. The van der Waals surface area contributed by atoms with Gasteiger partial charge in [0.15, 0.2) is 6.61 Å². The van der Waals surface area contributed by atoms with Crippen LogP contribution in [0.3, 0.4) is 0 Å². The van der Waals surface area contributed by atoms with Crippen LogP contribution in [0.2, 0.25) is 0 Å². The number of nitrogens with one attached hydrogen (secondary N) is 1. The van der Waals surface area contributed by atoms with Gasteiger partial charge in [-0.3, -0.25) is 4.79 Å². The van der Waals surface area contributed by atoms with Gasteiger partial charge >= 0.3 is 0 Å². The third-order valence-corrected chi connectivity index (χ3v) is 7.26. The third kappa shape index (κ3) is 9.54. The van der Waals surface area contributed by atoms with E-state index in [1.165, 1.54) is 12.3 Å². The Labute approximate surface area is 254 Å². The predicted molar refractivity (Wildman–Crippen MR) is 167 cm³/mol. The molecule has 0 radical (unpaired) electrons. The fraction of sp³-hybridized carbons (Fsp3) is 0.310. The van der Waals surface area contributed by atoms with Crippen molar-refractivity contribution in [2.24, 2.45) is 20.7 Å². The van der Waals surface area contributed by atoms with E-state index in [1.54, 1.807) is 12.1 Å². The second kappa shape index (κ2) is 13.2. The summed E-state index contributed by atoms with van der Waals surface area (Å²) in [7, 11) is 0. The number of hydrogen-bond acceptors (Lipinski definition) is 6. The number of phenols is 1. The van der Waals surface area contributed by atoms with Gasteiger partial charge in [-0.05, 0) is 103 Å². The fourth-order valence-electron chi connectivity index (χ4n) is 4.22. The maximum absolute atomic E-state index is 12.4. The highest BCUT2D eigenvalue weighted by atomic mass is 79.9. The van der Waals surface area contributed by atoms with Crippen molar-refractivity contribution in [2.75, 3.05) is 6.61 Å². The molecule has 2 N–H and O–H groups in total. The zero-order valence-electron chi connectivity index (χ0n) is 22.4. The van der Waals surface area contributed by atoms with E-state index in [9.17, 15) is 9.90 Å². The normalized spacial score (nSPS) is 12.3. The number of phenolic OH excluding ortho intramolecular Hbond substituents is 1. The molecule has 0 atom stereocenters. The van der Waals surface area contributed by atoms with E-state index in [-0.39, 0.29) is 23.2 Å². The number of carbonyl (C=O) groups is 1. The lowest BCUT2D eigenvalue weighted by atomic mass is 9.72. The molecular formula is C29H31Br3N4O3. The number of nitrogens with zero attached hydrogens (tertiary/aromatic N) is 3. The Morgan fingerprint density at radius 1 is 0.949 bits per heavy atom. The summed E-state index contributed by atoms with van der Waals surface area (Å²) in [5, 5.41) is 22.5. The molecule has 0 aliphatic carbocycles. The molecule has 3 aromatic rings. The minimum absolute atomic E-state index is 0.00649. The van der Waals surface area contributed by atoms with E-state index in [0.29, 0.717) is 22.7 Å². The van der Waals surface area contributed by atoms with Crippen LogP contribution in [-0.4, -0.2) is 23.8 Å². The molecule has 3 rings (SSSR count). The summed E-state index contributed by atoms with van der Waals surface area (Å²) < 4.78 is 8.17. The predicted octanol–water partition coefficient (Wildman–Crippen LogP) is 9.34. The molecule has 0 aliphatic heterocycles. The van der Waals surface area contributed by atoms with Crippen molar-refractivity contribution in [3.05, 3.63) is 79.1 Å². The van der Waals surface area contributed by atoms with Gasteiger partial charge in [0.25, 0.3) is 5.91 Å². The second-order valence-corrected chi connectivity index (χ2v) is 13.5. The largest absolute Gasteiger partial charge is 0.507 e. The SMILES string of the molecule is CC(C)(C)CC(C)(C)c1cc(Br)c(OCC(=O)NN=Cc2cc(N=Nc3cccc(Br)c3)ccc2O)c(Br)c1. The number of azo groups is 1. The molecule has 0 aromatic heterocycles. The number of amides is 1. The molecule has 0 spiro atoms. The highest BCUT2D eigenvalue weighted by Crippen LogP contribution is 2.42. The lowest BCUT2D eigenvalue weighted by molar-refractivity contribution is -0.123. The lowest BCUT2D eigenvalue weighted by Gasteiger charge is -2.33. The van der Waals surface area contributed by atoms with Crippen LogP contribution in [0.1, 0.15) is 52.2 Å². The van der Waals surface area contributed by atoms with Gasteiger partial charge in [-0.15, -0.1) is 0 Å². The van der Waals surface area contributed by atoms with Crippen LogP contribution in [-0.2, 0) is 10.2 Å². The summed E-state index contributed by atoms with van der Waals surface area (Å²) in [6, 6.07) is 16.2. The van der Waals surface area contributed by atoms with Crippen LogP contribution in [0.15, 0.2) is 83.3 Å². The number of ether oxygens (including phenoxy) is 1. The number of rotatable bonds is 9. The Hall–Kier alpha value is -2.56. The second-order valence-electron chi connectivity index (χ2n) is 10.9. The first-order valence-electron chi connectivity index (χ1n) is 12.2. The molecule has 0 fully saturated rings. The fourth-order valence-corrected chi connectivity index (χ4v) is 6.02. The van der Waals surface area contributed by atoms with Crippen LogP contribution in [0.4, 0.5) is 11.4 Å². The van der Waals surface area contributed by atoms with E-state index in [2.05, 4.69) is 103 Å². The van der Waals surface area contributed by atoms with E-state index in [1.807, 2.05) is 36.4 Å². The zero-order valence-corrected chi connectivity index (χ0v) is 27.2. The van der Waals surface area contributed by atoms with Crippen molar-refractivity contribution >= 4 is 71.3 Å². The van der Waals surface area contributed by atoms with E-state index in [4.69, 9.17) is 4.74 Å². The number of hydrogen-bond donors (Lipinski definition) is 2. The summed E-state index contributed by atoms with van der Waals surface area (Å²) in [5.74, 6) is 0.0748. The van der Waals surface area contributed by atoms with Crippen LogP contribution in [0.25, 0.3) is 0 Å². The molecule has 0 saturated carbocycles. The first-order valence-corrected chi connectivity index (χ1v) is 14.6. The van der Waals surface area contributed by atoms with Gasteiger partial charge in [0.2, 0.25) is 0 Å². The molecule has 0 heterocycles. The van der Waals surface area contributed by atoms with Gasteiger partial charge < -0.3 is 9.84 Å². The number of carbonyl (C=O) groups excluding carboxylic acids is 1. The molecular weight excluding hydrogens is 692 g/mol. The maximum Gasteiger partial charge on any atom is 0.277 e. The molecule has 206 valence electrons. The number of benzene rings is 3. The van der Waals surface area contributed by atoms with E-state index >= 15 is 0 Å². The summed E-state index contributed by atoms with van der Waals surface area (Å²) in [5.41, 5.74) is 5.29. The van der Waals surface area contributed by atoms with Crippen LogP contribution in [0.5, 0.6) is 11.5 Å². The van der Waals surface area contributed by atoms with E-state index < -0.39 is 5.91 Å². The number of aromatic hydroxyl groups is 1. The summed E-state index contributed by atoms with van der Waals surface area (Å²) >= 11 is 10.6. The van der Waals surface area contributed by atoms with Crippen molar-refractivity contribution in [1.29, 1.82) is 0 Å². The minimum Gasteiger partial charge on any atom is -0.507 e. The average molecular weight is 723 g/mol. The summed E-state index contributed by atoms with van der Waals surface area (Å²) in [4.78, 5) is 12.4. The van der Waals surface area contributed by atoms with Crippen molar-refractivity contribution < 1.29 is 14.6 Å². The molecule has 10 heteroatoms. The van der Waals surface area contributed by atoms with Gasteiger partial charge in [-0.2, -0.15) is 15.3 Å². The molecule has 3 aromatic carbocycles. The maximum atomic E-state index is 12.4. The molecule has 39 heavy (non-hydrogen) atoms. The smallest absolute Gasteiger partial charge is 0.277 e.